The summed E-state index contributed by atoms with van der Waals surface area (Å²) in [6.45, 7) is 10.9. The highest BCUT2D eigenvalue weighted by Gasteiger charge is 2.21. The number of amides is 2. The Kier molecular flexibility index (Phi) is 9.66. The number of morpholine rings is 1. The fourth-order valence-corrected chi connectivity index (χ4v) is 4.60. The quantitative estimate of drug-likeness (QED) is 0.250. The Balaban J connectivity index is 1.46. The Morgan fingerprint density at radius 1 is 1.18 bits per heavy atom. The van der Waals surface area contributed by atoms with Crippen molar-refractivity contribution in [2.75, 3.05) is 51.3 Å². The first-order valence-corrected chi connectivity index (χ1v) is 13.5. The van der Waals surface area contributed by atoms with Crippen LogP contribution < -0.4 is 15.4 Å². The summed E-state index contributed by atoms with van der Waals surface area (Å²) >= 11 is 0. The Morgan fingerprint density at radius 3 is 2.69 bits per heavy atom. The van der Waals surface area contributed by atoms with Gasteiger partial charge in [-0.05, 0) is 44.9 Å². The van der Waals surface area contributed by atoms with Crippen LogP contribution in [0.25, 0.3) is 11.0 Å². The molecule has 0 atom stereocenters. The summed E-state index contributed by atoms with van der Waals surface area (Å²) in [6.07, 6.45) is 2.13. The van der Waals surface area contributed by atoms with Crippen molar-refractivity contribution in [3.63, 3.8) is 0 Å². The molecule has 4 rings (SSSR count). The van der Waals surface area contributed by atoms with E-state index in [1.807, 2.05) is 25.3 Å². The smallest absolute Gasteiger partial charge is 0.276 e. The van der Waals surface area contributed by atoms with Gasteiger partial charge in [-0.1, -0.05) is 6.92 Å². The van der Waals surface area contributed by atoms with E-state index in [4.69, 9.17) is 9.47 Å². The van der Waals surface area contributed by atoms with Gasteiger partial charge in [0.15, 0.2) is 0 Å². The van der Waals surface area contributed by atoms with Gasteiger partial charge in [0.1, 0.15) is 23.2 Å². The van der Waals surface area contributed by atoms with Gasteiger partial charge < -0.3 is 19.4 Å². The maximum atomic E-state index is 13.1. The molecule has 0 aliphatic carbocycles. The summed E-state index contributed by atoms with van der Waals surface area (Å²) < 4.78 is 15.0. The van der Waals surface area contributed by atoms with Gasteiger partial charge in [0.05, 0.1) is 37.6 Å². The van der Waals surface area contributed by atoms with E-state index in [9.17, 15) is 14.4 Å². The predicted octanol–water partition coefficient (Wildman–Crippen LogP) is 2.25. The molecule has 3 heterocycles. The number of carbonyl (C=O) groups is 3. The molecule has 1 fully saturated rings. The highest BCUT2D eigenvalue weighted by Crippen LogP contribution is 2.31. The zero-order valence-corrected chi connectivity index (χ0v) is 22.9. The summed E-state index contributed by atoms with van der Waals surface area (Å²) in [5.41, 5.74) is 2.89. The molecule has 2 amide bonds. The third kappa shape index (κ3) is 7.01. The van der Waals surface area contributed by atoms with E-state index in [1.165, 1.54) is 0 Å². The van der Waals surface area contributed by atoms with E-state index in [1.54, 1.807) is 22.9 Å². The SMILES string of the molecule is CCCn1c(NC(=O)c2cc(C)nn2CC)nc2cc(C=O)cc(OCCCNC(=O)CN3CCOCC3)c21. The number of aldehydes is 1. The number of aryl methyl sites for hydroxylation is 3. The van der Waals surface area contributed by atoms with E-state index in [2.05, 4.69) is 25.6 Å². The molecule has 39 heavy (non-hydrogen) atoms. The molecule has 12 nitrogen and oxygen atoms in total. The Labute approximate surface area is 227 Å². The van der Waals surface area contributed by atoms with Crippen LogP contribution in [0.15, 0.2) is 18.2 Å². The minimum Gasteiger partial charge on any atom is -0.491 e. The van der Waals surface area contributed by atoms with Gasteiger partial charge in [-0.15, -0.1) is 0 Å². The van der Waals surface area contributed by atoms with Gasteiger partial charge in [0.25, 0.3) is 5.91 Å². The number of anilines is 1. The first-order chi connectivity index (χ1) is 18.9. The molecule has 3 aromatic rings. The van der Waals surface area contributed by atoms with Crippen molar-refractivity contribution in [2.45, 2.75) is 46.7 Å². The van der Waals surface area contributed by atoms with Crippen molar-refractivity contribution in [1.29, 1.82) is 0 Å². The number of nitrogens with one attached hydrogen (secondary N) is 2. The zero-order chi connectivity index (χ0) is 27.8. The van der Waals surface area contributed by atoms with E-state index >= 15 is 0 Å². The summed E-state index contributed by atoms with van der Waals surface area (Å²) in [6, 6.07) is 5.11. The minimum atomic E-state index is -0.309. The zero-order valence-electron chi connectivity index (χ0n) is 22.9. The molecule has 1 saturated heterocycles. The highest BCUT2D eigenvalue weighted by molar-refractivity contribution is 6.03. The lowest BCUT2D eigenvalue weighted by molar-refractivity contribution is -0.123. The molecular weight excluding hydrogens is 502 g/mol. The van der Waals surface area contributed by atoms with Crippen molar-refractivity contribution in [1.82, 2.24) is 29.5 Å². The van der Waals surface area contributed by atoms with Gasteiger partial charge in [0.2, 0.25) is 11.9 Å². The number of imidazole rings is 1. The summed E-state index contributed by atoms with van der Waals surface area (Å²) in [4.78, 5) is 43.7. The van der Waals surface area contributed by atoms with Crippen molar-refractivity contribution >= 4 is 35.1 Å². The largest absolute Gasteiger partial charge is 0.491 e. The van der Waals surface area contributed by atoms with Crippen LogP contribution in [0.1, 0.15) is 53.2 Å². The van der Waals surface area contributed by atoms with Crippen LogP contribution in [-0.4, -0.2) is 88.3 Å². The minimum absolute atomic E-state index is 0.0248. The van der Waals surface area contributed by atoms with Crippen molar-refractivity contribution in [3.8, 4) is 5.75 Å². The van der Waals surface area contributed by atoms with Crippen LogP contribution in [0, 0.1) is 6.92 Å². The van der Waals surface area contributed by atoms with Crippen molar-refractivity contribution in [2.24, 2.45) is 0 Å². The first kappa shape index (κ1) is 28.2. The number of aromatic nitrogens is 4. The fraction of sp³-hybridized carbons (Fsp3) is 0.519. The lowest BCUT2D eigenvalue weighted by Gasteiger charge is -2.25. The monoisotopic (exact) mass is 539 g/mol. The molecule has 1 aliphatic rings. The number of fused-ring (bicyclic) bond motifs is 1. The number of ether oxygens (including phenoxy) is 2. The summed E-state index contributed by atoms with van der Waals surface area (Å²) in [5, 5.41) is 10.2. The molecule has 0 spiro atoms. The average molecular weight is 540 g/mol. The van der Waals surface area contributed by atoms with E-state index < -0.39 is 0 Å². The maximum Gasteiger partial charge on any atom is 0.276 e. The number of hydrogen-bond donors (Lipinski definition) is 2. The van der Waals surface area contributed by atoms with Crippen LogP contribution in [0.4, 0.5) is 5.95 Å². The topological polar surface area (TPSA) is 133 Å². The second-order valence-corrected chi connectivity index (χ2v) is 9.47. The lowest BCUT2D eigenvalue weighted by Crippen LogP contribution is -2.43. The highest BCUT2D eigenvalue weighted by atomic mass is 16.5. The van der Waals surface area contributed by atoms with Crippen molar-refractivity contribution < 1.29 is 23.9 Å². The normalized spacial score (nSPS) is 13.9. The Bertz CT molecular complexity index is 1310. The maximum absolute atomic E-state index is 13.1. The van der Waals surface area contributed by atoms with Gasteiger partial charge in [-0.2, -0.15) is 5.10 Å². The average Bonchev–Trinajstić information content (AvgIpc) is 3.48. The fourth-order valence-electron chi connectivity index (χ4n) is 4.60. The van der Waals surface area contributed by atoms with Gasteiger partial charge in [-0.3, -0.25) is 29.3 Å². The third-order valence-corrected chi connectivity index (χ3v) is 6.44. The molecule has 1 aromatic carbocycles. The molecule has 0 bridgehead atoms. The van der Waals surface area contributed by atoms with Crippen LogP contribution in [-0.2, 0) is 22.6 Å². The molecule has 0 radical (unpaired) electrons. The first-order valence-electron chi connectivity index (χ1n) is 13.5. The third-order valence-electron chi connectivity index (χ3n) is 6.44. The molecule has 0 saturated carbocycles. The van der Waals surface area contributed by atoms with Crippen LogP contribution in [0.5, 0.6) is 5.75 Å². The molecule has 2 N–H and O–H groups in total. The van der Waals surface area contributed by atoms with Crippen LogP contribution in [0.2, 0.25) is 0 Å². The molecule has 210 valence electrons. The number of nitrogens with zero attached hydrogens (tertiary/aromatic N) is 5. The second kappa shape index (κ2) is 13.3. The molecule has 12 heteroatoms. The molecular formula is C27H37N7O5. The molecule has 2 aromatic heterocycles. The van der Waals surface area contributed by atoms with E-state index in [0.717, 1.165) is 31.5 Å². The standard InChI is InChI=1S/C27H37N7O5/c1-4-8-33-25-21(29-27(33)30-26(37)22-14-19(3)31-34(22)5-2)15-20(18-35)16-23(25)39-11-6-7-28-24(36)17-32-9-12-38-13-10-32/h14-16,18H,4-13,17H2,1-3H3,(H,28,36)(H,29,30,37). The molecule has 0 unspecified atom stereocenters. The number of carbonyl (C=O) groups excluding carboxylic acids is 3. The number of hydrogen-bond acceptors (Lipinski definition) is 8. The second-order valence-electron chi connectivity index (χ2n) is 9.47. The Hall–Kier alpha value is -3.77. The Morgan fingerprint density at radius 2 is 1.97 bits per heavy atom. The van der Waals surface area contributed by atoms with E-state index in [-0.39, 0.29) is 11.8 Å². The van der Waals surface area contributed by atoms with Crippen LogP contribution >= 0.6 is 0 Å². The number of rotatable bonds is 13. The predicted molar refractivity (Wildman–Crippen MR) is 146 cm³/mol. The number of benzene rings is 1. The van der Waals surface area contributed by atoms with Gasteiger partial charge in [0, 0.05) is 38.3 Å². The van der Waals surface area contributed by atoms with Gasteiger partial charge in [-0.25, -0.2) is 4.98 Å². The summed E-state index contributed by atoms with van der Waals surface area (Å²) in [5.74, 6) is 0.547. The lowest BCUT2D eigenvalue weighted by atomic mass is 10.2. The van der Waals surface area contributed by atoms with Crippen LogP contribution in [0.3, 0.4) is 0 Å². The van der Waals surface area contributed by atoms with E-state index in [0.29, 0.717) is 86.4 Å². The van der Waals surface area contributed by atoms with Crippen molar-refractivity contribution in [3.05, 3.63) is 35.2 Å². The molecule has 1 aliphatic heterocycles. The van der Waals surface area contributed by atoms with Gasteiger partial charge >= 0.3 is 0 Å². The summed E-state index contributed by atoms with van der Waals surface area (Å²) in [7, 11) is 0.